The van der Waals surface area contributed by atoms with E-state index in [0.29, 0.717) is 54.0 Å². The molecule has 2 amide bonds. The lowest BCUT2D eigenvalue weighted by Gasteiger charge is -2.20. The number of carboxylic acid groups (broad SMARTS) is 1. The Labute approximate surface area is 219 Å². The van der Waals surface area contributed by atoms with Crippen LogP contribution in [-0.4, -0.2) is 52.6 Å². The van der Waals surface area contributed by atoms with E-state index >= 15 is 0 Å². The Bertz CT molecular complexity index is 1560. The maximum absolute atomic E-state index is 14.9. The van der Waals surface area contributed by atoms with Gasteiger partial charge in [0.2, 0.25) is 5.91 Å². The first kappa shape index (κ1) is 24.4. The van der Waals surface area contributed by atoms with Crippen molar-refractivity contribution in [2.75, 3.05) is 29.1 Å². The van der Waals surface area contributed by atoms with Gasteiger partial charge in [-0.2, -0.15) is 0 Å². The second-order valence-electron chi connectivity index (χ2n) is 9.43. The first-order chi connectivity index (χ1) is 18.3. The molecule has 3 aliphatic heterocycles. The first-order valence-electron chi connectivity index (χ1n) is 12.2. The van der Waals surface area contributed by atoms with Gasteiger partial charge in [-0.15, -0.1) is 11.8 Å². The summed E-state index contributed by atoms with van der Waals surface area (Å²) < 4.78 is 21.5. The lowest BCUT2D eigenvalue weighted by Crippen LogP contribution is -2.35. The van der Waals surface area contributed by atoms with Crippen molar-refractivity contribution < 1.29 is 28.6 Å². The van der Waals surface area contributed by atoms with Crippen molar-refractivity contribution in [3.63, 3.8) is 0 Å². The fourth-order valence-corrected chi connectivity index (χ4v) is 6.20. The number of ether oxygens (including phenoxy) is 1. The van der Waals surface area contributed by atoms with Crippen LogP contribution in [0, 0.1) is 5.82 Å². The molecule has 0 spiro atoms. The van der Waals surface area contributed by atoms with Crippen molar-refractivity contribution in [3.05, 3.63) is 64.2 Å². The highest BCUT2D eigenvalue weighted by Gasteiger charge is 2.41. The average molecular weight is 539 g/mol. The highest BCUT2D eigenvalue weighted by Crippen LogP contribution is 2.41. The number of thioether (sulfide) groups is 1. The Morgan fingerprint density at radius 2 is 2.00 bits per heavy atom. The van der Waals surface area contributed by atoms with Crippen molar-refractivity contribution in [2.24, 2.45) is 0 Å². The quantitative estimate of drug-likeness (QED) is 0.391. The number of rotatable bonds is 7. The number of cyclic esters (lactones) is 1. The molecule has 3 atom stereocenters. The first-order valence-corrected chi connectivity index (χ1v) is 13.1. The van der Waals surface area contributed by atoms with Gasteiger partial charge < -0.3 is 20.5 Å². The maximum atomic E-state index is 14.9. The molecule has 4 heterocycles. The van der Waals surface area contributed by atoms with Crippen LogP contribution in [-0.2, 0) is 14.3 Å². The number of aliphatic carboxylic acids is 1. The number of nitrogens with one attached hydrogen (secondary N) is 2. The monoisotopic (exact) mass is 538 g/mol. The Hall–Kier alpha value is -3.90. The molecule has 2 aromatic carbocycles. The lowest BCUT2D eigenvalue weighted by atomic mass is 10.0. The summed E-state index contributed by atoms with van der Waals surface area (Å²) in [7, 11) is 0. The van der Waals surface area contributed by atoms with Gasteiger partial charge in [-0.1, -0.05) is 0 Å². The van der Waals surface area contributed by atoms with E-state index < -0.39 is 35.5 Å². The minimum atomic E-state index is -1.28. The Morgan fingerprint density at radius 3 is 2.82 bits per heavy atom. The molecule has 0 aliphatic carbocycles. The summed E-state index contributed by atoms with van der Waals surface area (Å²) in [5.74, 6) is -1.54. The van der Waals surface area contributed by atoms with Gasteiger partial charge in [0.05, 0.1) is 29.5 Å². The third-order valence-corrected chi connectivity index (χ3v) is 8.16. The smallest absolute Gasteiger partial charge is 0.414 e. The minimum absolute atomic E-state index is 0.0921. The molecule has 3 N–H and O–H groups in total. The maximum Gasteiger partial charge on any atom is 0.414 e. The highest BCUT2D eigenvalue weighted by atomic mass is 32.2. The molecule has 1 fully saturated rings. The lowest BCUT2D eigenvalue weighted by molar-refractivity contribution is -0.141. The van der Waals surface area contributed by atoms with Crippen LogP contribution in [0.4, 0.5) is 20.6 Å². The highest BCUT2D eigenvalue weighted by molar-refractivity contribution is 8.00. The van der Waals surface area contributed by atoms with E-state index in [2.05, 4.69) is 10.6 Å². The van der Waals surface area contributed by atoms with Crippen LogP contribution in [0.3, 0.4) is 0 Å². The van der Waals surface area contributed by atoms with Crippen LogP contribution in [0.25, 0.3) is 10.9 Å². The number of halogens is 1. The van der Waals surface area contributed by atoms with Gasteiger partial charge in [0.1, 0.15) is 11.9 Å². The summed E-state index contributed by atoms with van der Waals surface area (Å²) >= 11 is 1.44. The number of amides is 2. The van der Waals surface area contributed by atoms with Crippen LogP contribution in [0.15, 0.2) is 52.2 Å². The van der Waals surface area contributed by atoms with E-state index in [0.717, 1.165) is 9.46 Å². The van der Waals surface area contributed by atoms with Crippen molar-refractivity contribution in [2.45, 2.75) is 35.9 Å². The van der Waals surface area contributed by atoms with E-state index in [4.69, 9.17) is 4.74 Å². The second-order valence-corrected chi connectivity index (χ2v) is 10.4. The zero-order chi connectivity index (χ0) is 26.6. The van der Waals surface area contributed by atoms with Gasteiger partial charge in [-0.05, 0) is 61.2 Å². The molecule has 6 rings (SSSR count). The van der Waals surface area contributed by atoms with Gasteiger partial charge in [0, 0.05) is 22.2 Å². The number of hydrogen-bond donors (Lipinski definition) is 3. The summed E-state index contributed by atoms with van der Waals surface area (Å²) in [4.78, 5) is 51.4. The summed E-state index contributed by atoms with van der Waals surface area (Å²) in [5, 5.41) is 16.4. The molecule has 3 aliphatic rings. The largest absolute Gasteiger partial charge is 0.480 e. The fraction of sp³-hybridized carbons (Fsp3) is 0.308. The second kappa shape index (κ2) is 9.44. The number of anilines is 2. The molecule has 10 nitrogen and oxygen atoms in total. The summed E-state index contributed by atoms with van der Waals surface area (Å²) in [5.41, 5.74) is 1.25. The Morgan fingerprint density at radius 1 is 1.18 bits per heavy atom. The molecular weight excluding hydrogens is 515 g/mol. The molecule has 12 heteroatoms. The van der Waals surface area contributed by atoms with E-state index in [-0.39, 0.29) is 17.6 Å². The molecule has 38 heavy (non-hydrogen) atoms. The third kappa shape index (κ3) is 4.09. The zero-order valence-corrected chi connectivity index (χ0v) is 20.8. The van der Waals surface area contributed by atoms with Gasteiger partial charge in [0.25, 0.3) is 5.56 Å². The molecule has 1 aromatic heterocycles. The van der Waals surface area contributed by atoms with Gasteiger partial charge in [-0.25, -0.2) is 14.0 Å². The van der Waals surface area contributed by atoms with E-state index in [1.165, 1.54) is 34.9 Å². The molecule has 0 saturated carbocycles. The summed E-state index contributed by atoms with van der Waals surface area (Å²) in [6.45, 7) is 0.651. The Kier molecular flexibility index (Phi) is 6.07. The average Bonchev–Trinajstić information content (AvgIpc) is 3.44. The fourth-order valence-electron chi connectivity index (χ4n) is 5.41. The third-order valence-electron chi connectivity index (χ3n) is 7.09. The number of carboxylic acids is 1. The normalized spacial score (nSPS) is 21.9. The van der Waals surface area contributed by atoms with Crippen LogP contribution < -0.4 is 21.1 Å². The van der Waals surface area contributed by atoms with E-state index in [1.807, 2.05) is 12.1 Å². The number of carbonyl (C=O) groups excluding carboxylic acids is 2. The number of nitrogens with zero attached hydrogens (tertiary/aromatic N) is 2. The van der Waals surface area contributed by atoms with E-state index in [9.17, 15) is 28.7 Å². The number of hydrogen-bond acceptors (Lipinski definition) is 7. The van der Waals surface area contributed by atoms with Crippen molar-refractivity contribution in [1.82, 2.24) is 9.88 Å². The molecule has 2 unspecified atom stereocenters. The molecule has 0 bridgehead atoms. The standard InChI is InChI=1S/C26H23FN4O6S/c27-16-6-3-13-4-8-20(33)31-23(13)21(16)22(24(31)25(34)35)28-9-1-2-15-11-30(26(36)37-15)14-5-7-18-17(10-14)29-19(32)12-38-18/h3-8,10,15,22,24,28H,1-2,9,11-12H2,(H,29,32)(H,34,35)/t15-,22?,24?/m1/s1. The SMILES string of the molecule is O=C1CSc2ccc(N3C[C@@H](CCCNC4c5c(F)ccc6ccc(=O)n(c56)C4C(=O)O)OC3=O)cc2N1. The molecule has 1 saturated heterocycles. The summed E-state index contributed by atoms with van der Waals surface area (Å²) in [6.07, 6.45) is 0.150. The number of aromatic nitrogens is 1. The van der Waals surface area contributed by atoms with Crippen molar-refractivity contribution in [3.8, 4) is 0 Å². The molecule has 196 valence electrons. The van der Waals surface area contributed by atoms with Gasteiger partial charge in [0.15, 0.2) is 6.04 Å². The number of fused-ring (bicyclic) bond motifs is 1. The molecular formula is C26H23FN4O6S. The number of pyridine rings is 1. The predicted octanol–water partition coefficient (Wildman–Crippen LogP) is 3.26. The van der Waals surface area contributed by atoms with Gasteiger partial charge >= 0.3 is 12.1 Å². The van der Waals surface area contributed by atoms with Crippen molar-refractivity contribution in [1.29, 1.82) is 0 Å². The Balaban J connectivity index is 1.11. The zero-order valence-electron chi connectivity index (χ0n) is 20.0. The number of carbonyl (C=O) groups is 3. The van der Waals surface area contributed by atoms with Crippen molar-refractivity contribution >= 4 is 52.0 Å². The predicted molar refractivity (Wildman–Crippen MR) is 138 cm³/mol. The van der Waals surface area contributed by atoms with Crippen LogP contribution in [0.5, 0.6) is 0 Å². The van der Waals surface area contributed by atoms with E-state index in [1.54, 1.807) is 12.1 Å². The summed E-state index contributed by atoms with van der Waals surface area (Å²) in [6, 6.07) is 8.90. The topological polar surface area (TPSA) is 130 Å². The number of benzene rings is 2. The van der Waals surface area contributed by atoms with Crippen LogP contribution >= 0.6 is 11.8 Å². The molecule has 3 aromatic rings. The van der Waals surface area contributed by atoms with Crippen LogP contribution in [0.2, 0.25) is 0 Å². The minimum Gasteiger partial charge on any atom is -0.480 e. The molecule has 0 radical (unpaired) electrons. The van der Waals surface area contributed by atoms with Gasteiger partial charge in [-0.3, -0.25) is 19.1 Å². The van der Waals surface area contributed by atoms with Crippen LogP contribution in [0.1, 0.15) is 30.5 Å².